The van der Waals surface area contributed by atoms with Crippen LogP contribution in [0.1, 0.15) is 31.7 Å². The highest BCUT2D eigenvalue weighted by molar-refractivity contribution is 4.86. The molecule has 4 nitrogen and oxygen atoms in total. The molecule has 1 aromatic heterocycles. The zero-order chi connectivity index (χ0) is 9.97. The number of aromatic amines is 1. The van der Waals surface area contributed by atoms with Gasteiger partial charge in [-0.15, -0.1) is 0 Å². The van der Waals surface area contributed by atoms with Crippen LogP contribution >= 0.6 is 0 Å². The topological polar surface area (TPSA) is 58.0 Å². The van der Waals surface area contributed by atoms with E-state index in [1.54, 1.807) is 17.0 Å². The lowest BCUT2D eigenvalue weighted by molar-refractivity contribution is 0.177. The molecule has 78 valence electrons. The second-order valence-corrected chi connectivity index (χ2v) is 3.97. The minimum Gasteiger partial charge on any atom is -0.394 e. The van der Waals surface area contributed by atoms with Crippen molar-refractivity contribution < 1.29 is 5.11 Å². The lowest BCUT2D eigenvalue weighted by Crippen LogP contribution is -2.28. The van der Waals surface area contributed by atoms with Gasteiger partial charge in [0.1, 0.15) is 0 Å². The fourth-order valence-corrected chi connectivity index (χ4v) is 2.40. The Kier molecular flexibility index (Phi) is 2.72. The maximum Gasteiger partial charge on any atom is 0.325 e. The van der Waals surface area contributed by atoms with Gasteiger partial charge in [-0.3, -0.25) is 4.57 Å². The summed E-state index contributed by atoms with van der Waals surface area (Å²) in [5, 5.41) is 9.31. The quantitative estimate of drug-likeness (QED) is 0.754. The average Bonchev–Trinajstić information content (AvgIpc) is 2.80. The number of imidazole rings is 1. The summed E-state index contributed by atoms with van der Waals surface area (Å²) in [5.41, 5.74) is -0.115. The molecule has 14 heavy (non-hydrogen) atoms. The van der Waals surface area contributed by atoms with Crippen LogP contribution in [0, 0.1) is 5.92 Å². The molecule has 2 N–H and O–H groups in total. The zero-order valence-electron chi connectivity index (χ0n) is 8.15. The molecule has 0 saturated heterocycles. The molecule has 1 heterocycles. The van der Waals surface area contributed by atoms with Gasteiger partial charge in [0.2, 0.25) is 0 Å². The molecule has 2 rings (SSSR count). The van der Waals surface area contributed by atoms with Crippen molar-refractivity contribution in [3.63, 3.8) is 0 Å². The van der Waals surface area contributed by atoms with Crippen LogP contribution in [0.4, 0.5) is 0 Å². The lowest BCUT2D eigenvalue weighted by Gasteiger charge is -2.21. The number of nitrogens with zero attached hydrogens (tertiary/aromatic N) is 1. The molecule has 1 aliphatic carbocycles. The molecule has 1 fully saturated rings. The van der Waals surface area contributed by atoms with Crippen LogP contribution in [0.3, 0.4) is 0 Å². The van der Waals surface area contributed by atoms with E-state index >= 15 is 0 Å². The Balaban J connectivity index is 2.20. The van der Waals surface area contributed by atoms with E-state index < -0.39 is 0 Å². The van der Waals surface area contributed by atoms with Gasteiger partial charge in [0, 0.05) is 12.4 Å². The van der Waals surface area contributed by atoms with E-state index in [0.29, 0.717) is 5.92 Å². The van der Waals surface area contributed by atoms with Crippen molar-refractivity contribution in [3.8, 4) is 0 Å². The third kappa shape index (κ3) is 1.62. The second-order valence-electron chi connectivity index (χ2n) is 3.97. The molecule has 1 atom stereocenters. The predicted octanol–water partition coefficient (Wildman–Crippen LogP) is 0.900. The maximum atomic E-state index is 11.4. The number of rotatable bonds is 3. The van der Waals surface area contributed by atoms with E-state index in [-0.39, 0.29) is 18.3 Å². The minimum absolute atomic E-state index is 0.0313. The van der Waals surface area contributed by atoms with E-state index in [1.165, 1.54) is 12.8 Å². The van der Waals surface area contributed by atoms with Gasteiger partial charge in [0.15, 0.2) is 0 Å². The molecule has 1 aromatic rings. The maximum absolute atomic E-state index is 11.4. The van der Waals surface area contributed by atoms with Crippen molar-refractivity contribution in [1.82, 2.24) is 9.55 Å². The standard InChI is InChI=1S/C10H16N2O2/c13-7-9(8-3-1-2-4-8)12-6-5-11-10(12)14/h5-6,8-9,13H,1-4,7H2,(H,11,14). The van der Waals surface area contributed by atoms with Crippen LogP contribution in [0.5, 0.6) is 0 Å². The van der Waals surface area contributed by atoms with Crippen LogP contribution in [0.2, 0.25) is 0 Å². The highest BCUT2D eigenvalue weighted by atomic mass is 16.3. The number of aliphatic hydroxyl groups is 1. The van der Waals surface area contributed by atoms with E-state index in [9.17, 15) is 9.90 Å². The zero-order valence-corrected chi connectivity index (χ0v) is 8.15. The first-order valence-corrected chi connectivity index (χ1v) is 5.19. The molecule has 4 heteroatoms. The summed E-state index contributed by atoms with van der Waals surface area (Å²) in [5.74, 6) is 0.466. The summed E-state index contributed by atoms with van der Waals surface area (Å²) in [6.45, 7) is 0.0580. The summed E-state index contributed by atoms with van der Waals surface area (Å²) >= 11 is 0. The van der Waals surface area contributed by atoms with Gasteiger partial charge in [0.05, 0.1) is 12.6 Å². The van der Waals surface area contributed by atoms with E-state index in [0.717, 1.165) is 12.8 Å². The molecule has 0 aromatic carbocycles. The van der Waals surface area contributed by atoms with Crippen LogP contribution in [-0.2, 0) is 0 Å². The van der Waals surface area contributed by atoms with E-state index in [4.69, 9.17) is 0 Å². The summed E-state index contributed by atoms with van der Waals surface area (Å²) in [7, 11) is 0. The Morgan fingerprint density at radius 3 is 2.79 bits per heavy atom. The van der Waals surface area contributed by atoms with Gasteiger partial charge >= 0.3 is 5.69 Å². The van der Waals surface area contributed by atoms with Gasteiger partial charge in [-0.05, 0) is 18.8 Å². The molecular weight excluding hydrogens is 180 g/mol. The average molecular weight is 196 g/mol. The van der Waals surface area contributed by atoms with Gasteiger partial charge in [-0.1, -0.05) is 12.8 Å². The van der Waals surface area contributed by atoms with Crippen molar-refractivity contribution >= 4 is 0 Å². The fourth-order valence-electron chi connectivity index (χ4n) is 2.40. The smallest absolute Gasteiger partial charge is 0.325 e. The largest absolute Gasteiger partial charge is 0.394 e. The highest BCUT2D eigenvalue weighted by Crippen LogP contribution is 2.33. The molecule has 0 bridgehead atoms. The van der Waals surface area contributed by atoms with Crippen LogP contribution < -0.4 is 5.69 Å². The summed E-state index contributed by atoms with van der Waals surface area (Å²) < 4.78 is 1.62. The van der Waals surface area contributed by atoms with Gasteiger partial charge < -0.3 is 10.1 Å². The van der Waals surface area contributed by atoms with E-state index in [1.807, 2.05) is 0 Å². The minimum atomic E-state index is -0.115. The Bertz CT molecular complexity index is 336. The van der Waals surface area contributed by atoms with Gasteiger partial charge in [-0.25, -0.2) is 4.79 Å². The van der Waals surface area contributed by atoms with Gasteiger partial charge in [-0.2, -0.15) is 0 Å². The first-order chi connectivity index (χ1) is 6.83. The third-order valence-electron chi connectivity index (χ3n) is 3.16. The SMILES string of the molecule is O=c1[nH]ccn1C(CO)C1CCCC1. The van der Waals surface area contributed by atoms with E-state index in [2.05, 4.69) is 4.98 Å². The molecule has 1 unspecified atom stereocenters. The Morgan fingerprint density at radius 1 is 1.57 bits per heavy atom. The van der Waals surface area contributed by atoms with Crippen molar-refractivity contribution in [2.45, 2.75) is 31.7 Å². The molecule has 0 radical (unpaired) electrons. The second kappa shape index (κ2) is 4.00. The van der Waals surface area contributed by atoms with Crippen LogP contribution in [-0.4, -0.2) is 21.3 Å². The van der Waals surface area contributed by atoms with Crippen LogP contribution in [0.25, 0.3) is 0 Å². The summed E-state index contributed by atoms with van der Waals surface area (Å²) in [4.78, 5) is 14.0. The van der Waals surface area contributed by atoms with Crippen LogP contribution in [0.15, 0.2) is 17.2 Å². The van der Waals surface area contributed by atoms with Crippen molar-refractivity contribution in [2.24, 2.45) is 5.92 Å². The molecule has 0 amide bonds. The molecule has 1 aliphatic rings. The summed E-state index contributed by atoms with van der Waals surface area (Å²) in [6, 6.07) is -0.0313. The predicted molar refractivity (Wildman–Crippen MR) is 53.1 cm³/mol. The van der Waals surface area contributed by atoms with Crippen molar-refractivity contribution in [1.29, 1.82) is 0 Å². The number of H-pyrrole nitrogens is 1. The fraction of sp³-hybridized carbons (Fsp3) is 0.700. The first-order valence-electron chi connectivity index (χ1n) is 5.19. The number of aliphatic hydroxyl groups excluding tert-OH is 1. The molecule has 0 spiro atoms. The van der Waals surface area contributed by atoms with Crippen molar-refractivity contribution in [2.75, 3.05) is 6.61 Å². The van der Waals surface area contributed by atoms with Gasteiger partial charge in [0.25, 0.3) is 0 Å². The number of nitrogens with one attached hydrogen (secondary N) is 1. The third-order valence-corrected chi connectivity index (χ3v) is 3.16. The normalized spacial score (nSPS) is 20.1. The Morgan fingerprint density at radius 2 is 2.29 bits per heavy atom. The lowest BCUT2D eigenvalue weighted by atomic mass is 9.99. The Labute approximate surface area is 82.6 Å². The molecule has 0 aliphatic heterocycles. The number of hydrogen-bond acceptors (Lipinski definition) is 2. The summed E-state index contributed by atoms with van der Waals surface area (Å²) in [6.07, 6.45) is 8.05. The van der Waals surface area contributed by atoms with Crippen molar-refractivity contribution in [3.05, 3.63) is 22.9 Å². The first kappa shape index (κ1) is 9.52. The molecular formula is C10H16N2O2. The molecule has 1 saturated carbocycles. The number of aromatic nitrogens is 2. The Hall–Kier alpha value is -1.03. The highest BCUT2D eigenvalue weighted by Gasteiger charge is 2.26. The number of hydrogen-bond donors (Lipinski definition) is 2. The monoisotopic (exact) mass is 196 g/mol.